The van der Waals surface area contributed by atoms with Gasteiger partial charge in [0, 0.05) is 0 Å². The first-order valence-corrected chi connectivity index (χ1v) is 6.07. The smallest absolute Gasteiger partial charge is 0.870 e. The SMILES string of the molecule is O=C(Cc1cccc(Oc2ccccc2)c1F)[O][Al+2].[OH-].[OH-]. The molecular formula is C14H12AlFO5. The van der Waals surface area contributed by atoms with Gasteiger partial charge in [0.25, 0.3) is 0 Å². The van der Waals surface area contributed by atoms with E-state index in [0.29, 0.717) is 5.75 Å². The number of hydrogen-bond acceptors (Lipinski definition) is 5. The minimum Gasteiger partial charge on any atom is -0.870 e. The first kappa shape index (κ1) is 19.1. The molecule has 0 amide bonds. The van der Waals surface area contributed by atoms with Gasteiger partial charge in [0.2, 0.25) is 0 Å². The molecule has 2 N–H and O–H groups in total. The van der Waals surface area contributed by atoms with Gasteiger partial charge in [0.05, 0.1) is 0 Å². The normalized spacial score (nSPS) is 9.10. The van der Waals surface area contributed by atoms with E-state index in [2.05, 4.69) is 3.79 Å². The Hall–Kier alpha value is -1.91. The summed E-state index contributed by atoms with van der Waals surface area (Å²) in [5, 5.41) is 0. The summed E-state index contributed by atoms with van der Waals surface area (Å²) >= 11 is 1.85. The topological polar surface area (TPSA) is 95.5 Å². The fourth-order valence-electron chi connectivity index (χ4n) is 1.58. The van der Waals surface area contributed by atoms with E-state index in [1.807, 2.05) is 22.7 Å². The molecule has 21 heavy (non-hydrogen) atoms. The number of rotatable bonds is 4. The molecule has 0 spiro atoms. The molecular weight excluding hydrogens is 294 g/mol. The molecule has 0 saturated carbocycles. The van der Waals surface area contributed by atoms with E-state index in [0.717, 1.165) is 0 Å². The van der Waals surface area contributed by atoms with Crippen LogP contribution in [0.1, 0.15) is 5.56 Å². The van der Waals surface area contributed by atoms with Crippen molar-refractivity contribution >= 4 is 22.6 Å². The van der Waals surface area contributed by atoms with Crippen molar-refractivity contribution in [2.45, 2.75) is 6.42 Å². The second-order valence-corrected chi connectivity index (χ2v) is 4.05. The molecule has 108 valence electrons. The molecule has 0 radical (unpaired) electrons. The molecule has 2 aromatic rings. The second-order valence-electron chi connectivity index (χ2n) is 3.81. The summed E-state index contributed by atoms with van der Waals surface area (Å²) in [6, 6.07) is 13.5. The Morgan fingerprint density at radius 3 is 2.33 bits per heavy atom. The van der Waals surface area contributed by atoms with Gasteiger partial charge in [-0.2, -0.15) is 0 Å². The molecule has 0 fully saturated rings. The molecule has 0 heterocycles. The molecule has 0 aliphatic rings. The summed E-state index contributed by atoms with van der Waals surface area (Å²) < 4.78 is 24.0. The van der Waals surface area contributed by atoms with Crippen LogP contribution in [0.2, 0.25) is 0 Å². The summed E-state index contributed by atoms with van der Waals surface area (Å²) in [5.41, 5.74) is 0.237. The fourth-order valence-corrected chi connectivity index (χ4v) is 1.67. The molecule has 2 rings (SSSR count). The predicted octanol–water partition coefficient (Wildman–Crippen LogP) is 2.43. The van der Waals surface area contributed by atoms with E-state index >= 15 is 0 Å². The largest absolute Gasteiger partial charge is 0.870 e. The Morgan fingerprint density at radius 1 is 1.05 bits per heavy atom. The third-order valence-electron chi connectivity index (χ3n) is 2.48. The van der Waals surface area contributed by atoms with Crippen LogP contribution in [0.4, 0.5) is 4.39 Å². The number of ether oxygens (including phenoxy) is 1. The van der Waals surface area contributed by atoms with Crippen LogP contribution in [0.3, 0.4) is 0 Å². The fraction of sp³-hybridized carbons (Fsp3) is 0.0714. The Labute approximate surface area is 129 Å². The number of carbonyl (C=O) groups excluding carboxylic acids is 1. The molecule has 0 aliphatic heterocycles. The van der Waals surface area contributed by atoms with Crippen molar-refractivity contribution < 1.29 is 28.7 Å². The Morgan fingerprint density at radius 2 is 1.71 bits per heavy atom. The van der Waals surface area contributed by atoms with Crippen molar-refractivity contribution in [3.8, 4) is 11.5 Å². The Kier molecular flexibility index (Phi) is 8.28. The number of halogens is 1. The van der Waals surface area contributed by atoms with Crippen molar-refractivity contribution in [2.24, 2.45) is 0 Å². The minimum absolute atomic E-state index is 0. The van der Waals surface area contributed by atoms with Gasteiger partial charge in [-0.05, 0) is 0 Å². The number of para-hydroxylation sites is 1. The number of carbonyl (C=O) groups is 1. The predicted molar refractivity (Wildman–Crippen MR) is 72.3 cm³/mol. The quantitative estimate of drug-likeness (QED) is 0.808. The Bertz CT molecular complexity index is 577. The monoisotopic (exact) mass is 306 g/mol. The average Bonchev–Trinajstić information content (AvgIpc) is 2.44. The maximum atomic E-state index is 14.1. The van der Waals surface area contributed by atoms with Crippen LogP contribution in [0.15, 0.2) is 48.5 Å². The van der Waals surface area contributed by atoms with Crippen LogP contribution in [0.25, 0.3) is 0 Å². The third kappa shape index (κ3) is 5.17. The molecule has 0 unspecified atom stereocenters. The summed E-state index contributed by atoms with van der Waals surface area (Å²) in [6.45, 7) is 0. The van der Waals surface area contributed by atoms with Crippen LogP contribution in [0.5, 0.6) is 11.5 Å². The summed E-state index contributed by atoms with van der Waals surface area (Å²) in [6.07, 6.45) is -0.138. The van der Waals surface area contributed by atoms with Crippen LogP contribution in [-0.2, 0) is 15.0 Å². The van der Waals surface area contributed by atoms with Crippen LogP contribution in [0, 0.1) is 5.82 Å². The van der Waals surface area contributed by atoms with Crippen molar-refractivity contribution in [2.75, 3.05) is 0 Å². The molecule has 0 aliphatic carbocycles. The number of hydrogen-bond donors (Lipinski definition) is 0. The zero-order valence-electron chi connectivity index (χ0n) is 10.9. The van der Waals surface area contributed by atoms with Gasteiger partial charge in [-0.1, -0.05) is 0 Å². The summed E-state index contributed by atoms with van der Waals surface area (Å²) in [5.74, 6) is -0.463. The van der Waals surface area contributed by atoms with E-state index in [1.165, 1.54) is 12.1 Å². The summed E-state index contributed by atoms with van der Waals surface area (Å²) in [7, 11) is 0. The van der Waals surface area contributed by atoms with E-state index in [4.69, 9.17) is 4.74 Å². The van der Waals surface area contributed by atoms with Crippen LogP contribution < -0.4 is 4.74 Å². The average molecular weight is 306 g/mol. The van der Waals surface area contributed by atoms with Gasteiger partial charge in [0.1, 0.15) is 0 Å². The molecule has 0 atom stereocenters. The van der Waals surface area contributed by atoms with Crippen LogP contribution >= 0.6 is 0 Å². The Balaban J connectivity index is 0.00000200. The van der Waals surface area contributed by atoms with Gasteiger partial charge >= 0.3 is 118 Å². The zero-order chi connectivity index (χ0) is 13.7. The maximum Gasteiger partial charge on any atom is -0.870 e. The minimum atomic E-state index is -0.554. The van der Waals surface area contributed by atoms with Crippen LogP contribution in [-0.4, -0.2) is 33.5 Å². The van der Waals surface area contributed by atoms with Crippen molar-refractivity contribution in [3.63, 3.8) is 0 Å². The molecule has 0 aromatic heterocycles. The second kappa shape index (κ2) is 9.11. The van der Waals surface area contributed by atoms with Crippen molar-refractivity contribution in [1.82, 2.24) is 0 Å². The van der Waals surface area contributed by atoms with Crippen molar-refractivity contribution in [1.29, 1.82) is 0 Å². The van der Waals surface area contributed by atoms with E-state index < -0.39 is 11.8 Å². The number of benzene rings is 2. The maximum absolute atomic E-state index is 14.1. The molecule has 5 nitrogen and oxygen atoms in total. The van der Waals surface area contributed by atoms with E-state index in [9.17, 15) is 9.18 Å². The third-order valence-corrected chi connectivity index (χ3v) is 2.74. The zero-order valence-corrected chi connectivity index (χ0v) is 12.1. The van der Waals surface area contributed by atoms with E-state index in [1.54, 1.807) is 30.3 Å². The van der Waals surface area contributed by atoms with Gasteiger partial charge < -0.3 is 11.0 Å². The molecule has 7 heteroatoms. The van der Waals surface area contributed by atoms with Gasteiger partial charge in [-0.15, -0.1) is 0 Å². The van der Waals surface area contributed by atoms with E-state index in [-0.39, 0.29) is 28.7 Å². The van der Waals surface area contributed by atoms with Crippen molar-refractivity contribution in [3.05, 3.63) is 59.9 Å². The molecule has 0 bridgehead atoms. The molecule has 0 saturated heterocycles. The van der Waals surface area contributed by atoms with Gasteiger partial charge in [0.15, 0.2) is 0 Å². The summed E-state index contributed by atoms with van der Waals surface area (Å²) in [4.78, 5) is 11.2. The first-order valence-electron chi connectivity index (χ1n) is 5.60. The van der Waals surface area contributed by atoms with Gasteiger partial charge in [-0.25, -0.2) is 0 Å². The first-order chi connectivity index (χ1) is 9.20. The van der Waals surface area contributed by atoms with Gasteiger partial charge in [-0.3, -0.25) is 0 Å². The standard InChI is InChI=1S/C14H11FO3.Al.2H2O/c15-14-10(9-13(16)17)5-4-8-12(14)18-11-6-2-1-3-7-11;;;/h1-8H,9H2,(H,16,17);;2*1H2/q;+3;;/p-3. The molecule has 2 aromatic carbocycles.